The molecule has 1 amide bonds. The molecule has 0 spiro atoms. The van der Waals surface area contributed by atoms with Crippen molar-refractivity contribution >= 4 is 22.8 Å². The topological polar surface area (TPSA) is 75.3 Å². The molecule has 2 aromatic rings. The van der Waals surface area contributed by atoms with Crippen molar-refractivity contribution in [2.24, 2.45) is 5.92 Å². The molecule has 1 aromatic heterocycles. The normalized spacial score (nSPS) is 18.7. The standard InChI is InChI=1S/C15H17N3O3/c1-21-15(20)10-5-4-8-18(9-10)14(19)13-11-6-2-3-7-12(11)16-17-13/h2-3,6-7,10H,4-5,8-9H2,1H3,(H,16,17)/t10-/m0/s1. The number of likely N-dealkylation sites (tertiary alicyclic amines) is 1. The number of fused-ring (bicyclic) bond motifs is 1. The summed E-state index contributed by atoms with van der Waals surface area (Å²) in [4.78, 5) is 26.0. The molecule has 0 aliphatic carbocycles. The zero-order chi connectivity index (χ0) is 14.8. The summed E-state index contributed by atoms with van der Waals surface area (Å²) in [5.74, 6) is -0.627. The van der Waals surface area contributed by atoms with E-state index >= 15 is 0 Å². The van der Waals surface area contributed by atoms with Gasteiger partial charge in [-0.15, -0.1) is 0 Å². The van der Waals surface area contributed by atoms with Crippen LogP contribution in [-0.2, 0) is 9.53 Å². The Morgan fingerprint density at radius 3 is 3.00 bits per heavy atom. The maximum absolute atomic E-state index is 12.6. The maximum Gasteiger partial charge on any atom is 0.310 e. The minimum absolute atomic E-state index is 0.138. The molecule has 1 N–H and O–H groups in total. The van der Waals surface area contributed by atoms with Crippen molar-refractivity contribution in [1.29, 1.82) is 0 Å². The van der Waals surface area contributed by atoms with Crippen molar-refractivity contribution < 1.29 is 14.3 Å². The van der Waals surface area contributed by atoms with Gasteiger partial charge in [0, 0.05) is 18.5 Å². The van der Waals surface area contributed by atoms with Crippen LogP contribution >= 0.6 is 0 Å². The second-order valence-electron chi connectivity index (χ2n) is 5.23. The minimum Gasteiger partial charge on any atom is -0.469 e. The number of esters is 1. The molecule has 1 aliphatic rings. The highest BCUT2D eigenvalue weighted by Gasteiger charge is 2.30. The zero-order valence-corrected chi connectivity index (χ0v) is 11.8. The first-order chi connectivity index (χ1) is 10.2. The fourth-order valence-corrected chi connectivity index (χ4v) is 2.80. The highest BCUT2D eigenvalue weighted by atomic mass is 16.5. The number of ether oxygens (including phenoxy) is 1. The first-order valence-corrected chi connectivity index (χ1v) is 7.01. The largest absolute Gasteiger partial charge is 0.469 e. The number of H-pyrrole nitrogens is 1. The van der Waals surface area contributed by atoms with Crippen molar-refractivity contribution in [3.05, 3.63) is 30.0 Å². The third-order valence-corrected chi connectivity index (χ3v) is 3.92. The van der Waals surface area contributed by atoms with Gasteiger partial charge in [0.15, 0.2) is 5.69 Å². The Kier molecular flexibility index (Phi) is 3.60. The number of carbonyl (C=O) groups excluding carboxylic acids is 2. The number of rotatable bonds is 2. The van der Waals surface area contributed by atoms with E-state index < -0.39 is 0 Å². The summed E-state index contributed by atoms with van der Waals surface area (Å²) >= 11 is 0. The number of benzene rings is 1. The quantitative estimate of drug-likeness (QED) is 0.851. The van der Waals surface area contributed by atoms with E-state index in [2.05, 4.69) is 10.2 Å². The van der Waals surface area contributed by atoms with Crippen LogP contribution in [0.1, 0.15) is 23.3 Å². The first-order valence-electron chi connectivity index (χ1n) is 7.01. The average Bonchev–Trinajstić information content (AvgIpc) is 2.97. The third kappa shape index (κ3) is 2.49. The SMILES string of the molecule is COC(=O)[C@H]1CCCN(C(=O)c2n[nH]c3ccccc23)C1. The van der Waals surface area contributed by atoms with Gasteiger partial charge in [-0.2, -0.15) is 5.10 Å². The molecular weight excluding hydrogens is 270 g/mol. The van der Waals surface area contributed by atoms with Crippen LogP contribution in [0.15, 0.2) is 24.3 Å². The van der Waals surface area contributed by atoms with Crippen LogP contribution < -0.4 is 0 Å². The summed E-state index contributed by atoms with van der Waals surface area (Å²) in [6.07, 6.45) is 1.56. The number of hydrogen-bond donors (Lipinski definition) is 1. The predicted octanol–water partition coefficient (Wildman–Crippen LogP) is 1.59. The van der Waals surface area contributed by atoms with Gasteiger partial charge in [0.1, 0.15) is 0 Å². The Morgan fingerprint density at radius 2 is 2.19 bits per heavy atom. The van der Waals surface area contributed by atoms with Gasteiger partial charge in [-0.3, -0.25) is 14.7 Å². The van der Waals surface area contributed by atoms with E-state index in [1.54, 1.807) is 4.90 Å². The Morgan fingerprint density at radius 1 is 1.38 bits per heavy atom. The van der Waals surface area contributed by atoms with Crippen molar-refractivity contribution in [2.45, 2.75) is 12.8 Å². The lowest BCUT2D eigenvalue weighted by Crippen LogP contribution is -2.42. The molecule has 3 rings (SSSR count). The number of aromatic amines is 1. The van der Waals surface area contributed by atoms with Gasteiger partial charge in [-0.25, -0.2) is 0 Å². The molecule has 1 saturated heterocycles. The van der Waals surface area contributed by atoms with Crippen LogP contribution in [0.5, 0.6) is 0 Å². The van der Waals surface area contributed by atoms with Crippen LogP contribution in [0.3, 0.4) is 0 Å². The lowest BCUT2D eigenvalue weighted by atomic mass is 9.98. The van der Waals surface area contributed by atoms with Gasteiger partial charge in [-0.05, 0) is 18.9 Å². The van der Waals surface area contributed by atoms with Crippen LogP contribution in [0.25, 0.3) is 10.9 Å². The number of amides is 1. The molecule has 1 fully saturated rings. The molecule has 1 atom stereocenters. The Bertz CT molecular complexity index is 680. The number of aromatic nitrogens is 2. The van der Waals surface area contributed by atoms with Crippen LogP contribution in [0.4, 0.5) is 0 Å². The van der Waals surface area contributed by atoms with E-state index in [9.17, 15) is 9.59 Å². The number of para-hydroxylation sites is 1. The molecule has 1 aromatic carbocycles. The summed E-state index contributed by atoms with van der Waals surface area (Å²) in [5, 5.41) is 7.80. The van der Waals surface area contributed by atoms with Gasteiger partial charge in [0.25, 0.3) is 5.91 Å². The smallest absolute Gasteiger partial charge is 0.310 e. The number of nitrogens with one attached hydrogen (secondary N) is 1. The lowest BCUT2D eigenvalue weighted by molar-refractivity contribution is -0.146. The van der Waals surface area contributed by atoms with Crippen molar-refractivity contribution in [2.75, 3.05) is 20.2 Å². The molecule has 0 saturated carbocycles. The lowest BCUT2D eigenvalue weighted by Gasteiger charge is -2.30. The monoisotopic (exact) mass is 287 g/mol. The van der Waals surface area contributed by atoms with Crippen molar-refractivity contribution in [3.63, 3.8) is 0 Å². The molecule has 1 aliphatic heterocycles. The molecule has 110 valence electrons. The number of piperidine rings is 1. The molecule has 6 heteroatoms. The second kappa shape index (κ2) is 5.55. The van der Waals surface area contributed by atoms with E-state index in [4.69, 9.17) is 4.74 Å². The second-order valence-corrected chi connectivity index (χ2v) is 5.23. The predicted molar refractivity (Wildman–Crippen MR) is 76.7 cm³/mol. The summed E-state index contributed by atoms with van der Waals surface area (Å²) in [6, 6.07) is 7.52. The van der Waals surface area contributed by atoms with Crippen LogP contribution in [0.2, 0.25) is 0 Å². The highest BCUT2D eigenvalue weighted by Crippen LogP contribution is 2.22. The molecule has 2 heterocycles. The zero-order valence-electron chi connectivity index (χ0n) is 11.8. The first kappa shape index (κ1) is 13.6. The van der Waals surface area contributed by atoms with Crippen LogP contribution in [-0.4, -0.2) is 47.2 Å². The molecule has 0 radical (unpaired) electrons. The number of nitrogens with zero attached hydrogens (tertiary/aromatic N) is 2. The minimum atomic E-state index is -0.251. The van der Waals surface area contributed by atoms with Gasteiger partial charge >= 0.3 is 5.97 Å². The van der Waals surface area contributed by atoms with E-state index in [0.29, 0.717) is 18.8 Å². The number of hydrogen-bond acceptors (Lipinski definition) is 4. The summed E-state index contributed by atoms with van der Waals surface area (Å²) in [6.45, 7) is 1.04. The van der Waals surface area contributed by atoms with Crippen molar-refractivity contribution in [1.82, 2.24) is 15.1 Å². The third-order valence-electron chi connectivity index (χ3n) is 3.92. The van der Waals surface area contributed by atoms with E-state index in [1.165, 1.54) is 7.11 Å². The van der Waals surface area contributed by atoms with Gasteiger partial charge in [-0.1, -0.05) is 18.2 Å². The molecule has 0 bridgehead atoms. The van der Waals surface area contributed by atoms with Gasteiger partial charge in [0.05, 0.1) is 18.5 Å². The molecule has 0 unspecified atom stereocenters. The summed E-state index contributed by atoms with van der Waals surface area (Å²) < 4.78 is 4.78. The fraction of sp³-hybridized carbons (Fsp3) is 0.400. The van der Waals surface area contributed by atoms with E-state index in [0.717, 1.165) is 23.7 Å². The van der Waals surface area contributed by atoms with Gasteiger partial charge in [0.2, 0.25) is 0 Å². The fourth-order valence-electron chi connectivity index (χ4n) is 2.80. The summed E-state index contributed by atoms with van der Waals surface area (Å²) in [7, 11) is 1.38. The maximum atomic E-state index is 12.6. The highest BCUT2D eigenvalue weighted by molar-refractivity contribution is 6.04. The van der Waals surface area contributed by atoms with E-state index in [-0.39, 0.29) is 17.8 Å². The Labute approximate surface area is 122 Å². The van der Waals surface area contributed by atoms with Crippen molar-refractivity contribution in [3.8, 4) is 0 Å². The average molecular weight is 287 g/mol. The number of methoxy groups -OCH3 is 1. The summed E-state index contributed by atoms with van der Waals surface area (Å²) in [5.41, 5.74) is 1.25. The van der Waals surface area contributed by atoms with E-state index in [1.807, 2.05) is 24.3 Å². The number of carbonyl (C=O) groups is 2. The molecular formula is C15H17N3O3. The Balaban J connectivity index is 1.83. The molecule has 6 nitrogen and oxygen atoms in total. The Hall–Kier alpha value is -2.37. The van der Waals surface area contributed by atoms with Crippen LogP contribution in [0, 0.1) is 5.92 Å². The molecule has 21 heavy (non-hydrogen) atoms. The van der Waals surface area contributed by atoms with Gasteiger partial charge < -0.3 is 9.64 Å².